The highest BCUT2D eigenvalue weighted by Gasteiger charge is 2.49. The van der Waals surface area contributed by atoms with Crippen molar-refractivity contribution in [1.82, 2.24) is 9.29 Å². The van der Waals surface area contributed by atoms with Gasteiger partial charge in [0.2, 0.25) is 10.0 Å². The number of aromatic nitrogens is 1. The molecule has 24 heavy (non-hydrogen) atoms. The number of nitrogens with one attached hydrogen (secondary N) is 1. The predicted octanol–water partition coefficient (Wildman–Crippen LogP) is 1.75. The molecule has 8 heteroatoms. The molecule has 1 aliphatic carbocycles. The second-order valence-electron chi connectivity index (χ2n) is 7.05. The third kappa shape index (κ3) is 3.02. The van der Waals surface area contributed by atoms with Gasteiger partial charge in [-0.1, -0.05) is 0 Å². The molecule has 0 radical (unpaired) electrons. The van der Waals surface area contributed by atoms with Crippen LogP contribution in [0.5, 0.6) is 0 Å². The minimum absolute atomic E-state index is 0.0574. The van der Waals surface area contributed by atoms with E-state index in [4.69, 9.17) is 4.74 Å². The summed E-state index contributed by atoms with van der Waals surface area (Å²) in [7, 11) is -3.17. The highest BCUT2D eigenvalue weighted by atomic mass is 32.2. The Balaban J connectivity index is 1.44. The van der Waals surface area contributed by atoms with Crippen molar-refractivity contribution in [3.05, 3.63) is 24.1 Å². The molecule has 0 amide bonds. The van der Waals surface area contributed by atoms with Crippen LogP contribution in [0.15, 0.2) is 18.3 Å². The third-order valence-corrected chi connectivity index (χ3v) is 7.46. The van der Waals surface area contributed by atoms with Crippen molar-refractivity contribution in [3.63, 3.8) is 0 Å². The van der Waals surface area contributed by atoms with Crippen LogP contribution in [-0.4, -0.2) is 54.3 Å². The number of rotatable bonds is 4. The van der Waals surface area contributed by atoms with E-state index >= 15 is 0 Å². The van der Waals surface area contributed by atoms with Crippen LogP contribution in [-0.2, 0) is 14.8 Å². The monoisotopic (exact) mass is 355 g/mol. The van der Waals surface area contributed by atoms with Gasteiger partial charge in [-0.2, -0.15) is 4.31 Å². The first-order valence-corrected chi connectivity index (χ1v) is 9.99. The maximum atomic E-state index is 13.7. The molecule has 2 atom stereocenters. The summed E-state index contributed by atoms with van der Waals surface area (Å²) < 4.78 is 46.4. The molecule has 3 aliphatic rings. The lowest BCUT2D eigenvalue weighted by atomic mass is 9.90. The molecular weight excluding hydrogens is 333 g/mol. The van der Waals surface area contributed by atoms with E-state index in [-0.39, 0.29) is 22.9 Å². The Hall–Kier alpha value is -1.25. The Labute approximate surface area is 141 Å². The average Bonchev–Trinajstić information content (AvgIpc) is 3.36. The fourth-order valence-corrected chi connectivity index (χ4v) is 5.71. The van der Waals surface area contributed by atoms with Crippen LogP contribution in [0.4, 0.5) is 10.2 Å². The fourth-order valence-electron chi connectivity index (χ4n) is 3.76. The first-order chi connectivity index (χ1) is 11.5. The molecule has 2 saturated heterocycles. The number of halogens is 1. The third-order valence-electron chi connectivity index (χ3n) is 5.12. The van der Waals surface area contributed by atoms with Gasteiger partial charge >= 0.3 is 0 Å². The SMILES string of the molecule is O=S(=O)(C1CC1)N1CCC[C@@]2(C[C@H](Nc3ncccc3F)CO2)C1. The fraction of sp³-hybridized carbons (Fsp3) is 0.688. The van der Waals surface area contributed by atoms with Crippen LogP contribution in [0, 0.1) is 5.82 Å². The standard InChI is InChI=1S/C16H22FN3O3S/c17-14-3-1-7-18-15(14)19-12-9-16(23-10-12)6-2-8-20(11-16)24(21,22)13-4-5-13/h1,3,7,12-13H,2,4-6,8-11H2,(H,18,19)/t12-,16+/m0/s1. The Morgan fingerprint density at radius 3 is 3.00 bits per heavy atom. The van der Waals surface area contributed by atoms with Crippen molar-refractivity contribution in [1.29, 1.82) is 0 Å². The summed E-state index contributed by atoms with van der Waals surface area (Å²) >= 11 is 0. The molecule has 6 nitrogen and oxygen atoms in total. The number of nitrogens with zero attached hydrogens (tertiary/aromatic N) is 2. The zero-order valence-electron chi connectivity index (χ0n) is 13.4. The molecular formula is C16H22FN3O3S. The molecule has 132 valence electrons. The van der Waals surface area contributed by atoms with Gasteiger partial charge in [0.05, 0.1) is 23.5 Å². The van der Waals surface area contributed by atoms with E-state index in [0.717, 1.165) is 25.7 Å². The van der Waals surface area contributed by atoms with Crippen molar-refractivity contribution < 1.29 is 17.5 Å². The van der Waals surface area contributed by atoms with E-state index in [1.807, 2.05) is 0 Å². The largest absolute Gasteiger partial charge is 0.371 e. The molecule has 1 N–H and O–H groups in total. The molecule has 1 spiro atoms. The summed E-state index contributed by atoms with van der Waals surface area (Å²) in [6.07, 6.45) is 5.40. The van der Waals surface area contributed by atoms with Gasteiger partial charge in [-0.3, -0.25) is 0 Å². The zero-order chi connectivity index (χ0) is 16.8. The van der Waals surface area contributed by atoms with E-state index in [2.05, 4.69) is 10.3 Å². The summed E-state index contributed by atoms with van der Waals surface area (Å²) in [5, 5.41) is 2.90. The lowest BCUT2D eigenvalue weighted by molar-refractivity contribution is -0.0329. The number of sulfonamides is 1. The van der Waals surface area contributed by atoms with E-state index < -0.39 is 15.6 Å². The van der Waals surface area contributed by atoms with Gasteiger partial charge in [-0.15, -0.1) is 0 Å². The van der Waals surface area contributed by atoms with Crippen LogP contribution < -0.4 is 5.32 Å². The molecule has 1 aromatic heterocycles. The van der Waals surface area contributed by atoms with Gasteiger partial charge in [0.1, 0.15) is 0 Å². The Kier molecular flexibility index (Phi) is 4.01. The zero-order valence-corrected chi connectivity index (χ0v) is 14.3. The summed E-state index contributed by atoms with van der Waals surface area (Å²) in [5.41, 5.74) is -0.455. The quantitative estimate of drug-likeness (QED) is 0.891. The Morgan fingerprint density at radius 2 is 2.25 bits per heavy atom. The highest BCUT2D eigenvalue weighted by molar-refractivity contribution is 7.90. The van der Waals surface area contributed by atoms with Crippen molar-refractivity contribution >= 4 is 15.8 Å². The van der Waals surface area contributed by atoms with Gasteiger partial charge < -0.3 is 10.1 Å². The number of anilines is 1. The number of hydrogen-bond acceptors (Lipinski definition) is 5. The van der Waals surface area contributed by atoms with Gasteiger partial charge in [0, 0.05) is 25.7 Å². The van der Waals surface area contributed by atoms with Crippen LogP contribution in [0.3, 0.4) is 0 Å². The smallest absolute Gasteiger partial charge is 0.217 e. The second kappa shape index (κ2) is 5.93. The van der Waals surface area contributed by atoms with E-state index in [1.54, 1.807) is 16.6 Å². The Bertz CT molecular complexity index is 725. The molecule has 0 aromatic carbocycles. The van der Waals surface area contributed by atoms with Crippen LogP contribution in [0.1, 0.15) is 32.1 Å². The summed E-state index contributed by atoms with van der Waals surface area (Å²) in [5.74, 6) is -0.165. The number of piperidine rings is 1. The van der Waals surface area contributed by atoms with Gasteiger partial charge in [-0.25, -0.2) is 17.8 Å². The highest BCUT2D eigenvalue weighted by Crippen LogP contribution is 2.39. The average molecular weight is 355 g/mol. The van der Waals surface area contributed by atoms with Crippen molar-refractivity contribution in [3.8, 4) is 0 Å². The lowest BCUT2D eigenvalue weighted by Gasteiger charge is -2.39. The van der Waals surface area contributed by atoms with Crippen LogP contribution in [0.25, 0.3) is 0 Å². The van der Waals surface area contributed by atoms with E-state index in [1.165, 1.54) is 6.07 Å². The molecule has 1 saturated carbocycles. The molecule has 2 aliphatic heterocycles. The molecule has 1 aromatic rings. The topological polar surface area (TPSA) is 71.5 Å². The predicted molar refractivity (Wildman–Crippen MR) is 87.7 cm³/mol. The number of ether oxygens (including phenoxy) is 1. The number of hydrogen-bond donors (Lipinski definition) is 1. The van der Waals surface area contributed by atoms with Crippen molar-refractivity contribution in [2.45, 2.75) is 49.0 Å². The summed E-state index contributed by atoms with van der Waals surface area (Å²) in [6, 6.07) is 2.86. The Morgan fingerprint density at radius 1 is 1.42 bits per heavy atom. The van der Waals surface area contributed by atoms with Crippen LogP contribution in [0.2, 0.25) is 0 Å². The van der Waals surface area contributed by atoms with Gasteiger partial charge in [0.25, 0.3) is 0 Å². The first-order valence-electron chi connectivity index (χ1n) is 8.49. The van der Waals surface area contributed by atoms with Crippen molar-refractivity contribution in [2.24, 2.45) is 0 Å². The molecule has 3 heterocycles. The van der Waals surface area contributed by atoms with E-state index in [9.17, 15) is 12.8 Å². The van der Waals surface area contributed by atoms with Gasteiger partial charge in [0.15, 0.2) is 11.6 Å². The summed E-state index contributed by atoms with van der Waals surface area (Å²) in [6.45, 7) is 1.43. The maximum absolute atomic E-state index is 13.7. The molecule has 4 rings (SSSR count). The minimum atomic E-state index is -3.17. The summed E-state index contributed by atoms with van der Waals surface area (Å²) in [4.78, 5) is 4.01. The van der Waals surface area contributed by atoms with Crippen LogP contribution >= 0.6 is 0 Å². The normalized spacial score (nSPS) is 31.5. The molecule has 0 bridgehead atoms. The maximum Gasteiger partial charge on any atom is 0.217 e. The van der Waals surface area contributed by atoms with Crippen molar-refractivity contribution in [2.75, 3.05) is 25.0 Å². The minimum Gasteiger partial charge on any atom is -0.371 e. The molecule has 0 unspecified atom stereocenters. The van der Waals surface area contributed by atoms with Gasteiger partial charge in [-0.05, 0) is 37.8 Å². The molecule has 3 fully saturated rings. The first kappa shape index (κ1) is 16.2. The number of pyridine rings is 1. The lowest BCUT2D eigenvalue weighted by Crippen LogP contribution is -2.51. The van der Waals surface area contributed by atoms with E-state index in [0.29, 0.717) is 26.1 Å². The second-order valence-corrected chi connectivity index (χ2v) is 9.27.